The second-order valence-corrected chi connectivity index (χ2v) is 6.24. The van der Waals surface area contributed by atoms with Crippen LogP contribution in [0.3, 0.4) is 0 Å². The number of nitrogens with zero attached hydrogens (tertiary/aromatic N) is 1. The molecule has 1 aliphatic rings. The van der Waals surface area contributed by atoms with Crippen LogP contribution < -0.4 is 29.6 Å². The first kappa shape index (κ1) is 24.6. The number of phenolic OH excluding ortho intramolecular Hbond substituents is 1. The van der Waals surface area contributed by atoms with Crippen molar-refractivity contribution >= 4 is 29.9 Å². The van der Waals surface area contributed by atoms with Gasteiger partial charge in [0, 0.05) is 30.3 Å². The van der Waals surface area contributed by atoms with E-state index in [9.17, 15) is 13.9 Å². The van der Waals surface area contributed by atoms with Gasteiger partial charge in [-0.15, -0.1) is 24.0 Å². The van der Waals surface area contributed by atoms with E-state index >= 15 is 0 Å². The number of nitrogens with one attached hydrogen (secondary N) is 2. The molecule has 31 heavy (non-hydrogen) atoms. The number of aliphatic imine (C=N–C) groups is 1. The van der Waals surface area contributed by atoms with Crippen molar-refractivity contribution in [2.75, 3.05) is 20.4 Å². The summed E-state index contributed by atoms with van der Waals surface area (Å²) in [6.07, 6.45) is 0. The molecule has 170 valence electrons. The zero-order valence-corrected chi connectivity index (χ0v) is 19.3. The lowest BCUT2D eigenvalue weighted by atomic mass is 10.1. The Morgan fingerprint density at radius 3 is 2.58 bits per heavy atom. The van der Waals surface area contributed by atoms with Crippen LogP contribution in [0.25, 0.3) is 0 Å². The van der Waals surface area contributed by atoms with E-state index in [1.165, 1.54) is 6.07 Å². The Morgan fingerprint density at radius 1 is 1.16 bits per heavy atom. The normalized spacial score (nSPS) is 12.4. The van der Waals surface area contributed by atoms with Crippen LogP contribution in [0.1, 0.15) is 18.1 Å². The minimum absolute atomic E-state index is 0. The van der Waals surface area contributed by atoms with Gasteiger partial charge in [-0.1, -0.05) is 0 Å². The molecule has 0 spiro atoms. The zero-order chi connectivity index (χ0) is 21.5. The van der Waals surface area contributed by atoms with Crippen LogP contribution in [-0.2, 0) is 13.1 Å². The summed E-state index contributed by atoms with van der Waals surface area (Å²) in [4.78, 5) is 4.42. The first-order valence-electron chi connectivity index (χ1n) is 9.25. The highest BCUT2D eigenvalue weighted by molar-refractivity contribution is 14.0. The van der Waals surface area contributed by atoms with E-state index in [0.29, 0.717) is 40.9 Å². The van der Waals surface area contributed by atoms with Crippen molar-refractivity contribution in [1.29, 1.82) is 0 Å². The molecule has 11 heteroatoms. The minimum Gasteiger partial charge on any atom is -0.508 e. The number of fused-ring (bicyclic) bond motifs is 1. The van der Waals surface area contributed by atoms with Crippen LogP contribution in [0, 0.1) is 0 Å². The number of hydrogen-bond donors (Lipinski definition) is 3. The van der Waals surface area contributed by atoms with E-state index in [-0.39, 0.29) is 55.4 Å². The molecule has 0 saturated carbocycles. The second kappa shape index (κ2) is 11.6. The summed E-state index contributed by atoms with van der Waals surface area (Å²) >= 11 is 0. The number of benzene rings is 2. The maximum absolute atomic E-state index is 12.8. The largest absolute Gasteiger partial charge is 0.508 e. The van der Waals surface area contributed by atoms with Crippen LogP contribution in [0.4, 0.5) is 8.78 Å². The number of alkyl halides is 2. The first-order chi connectivity index (χ1) is 14.5. The Kier molecular flexibility index (Phi) is 9.21. The summed E-state index contributed by atoms with van der Waals surface area (Å²) in [6.45, 7) is -0.154. The standard InChI is InChI=1S/C20H23F2N3O5.HI/c1-3-23-20(24-9-12-6-14(27-2)4-5-15(12)26)25-10-13-7-17-18(29-11-28-17)8-16(13)30-19(21)22;/h4-8,19,26H,3,9-11H2,1-2H3,(H2,23,24,25);1H. The van der Waals surface area contributed by atoms with Crippen molar-refractivity contribution < 1.29 is 32.8 Å². The highest BCUT2D eigenvalue weighted by atomic mass is 127. The molecule has 0 atom stereocenters. The molecule has 0 radical (unpaired) electrons. The van der Waals surface area contributed by atoms with Crippen molar-refractivity contribution in [1.82, 2.24) is 10.6 Å². The summed E-state index contributed by atoms with van der Waals surface area (Å²) in [5.41, 5.74) is 1.03. The number of phenols is 1. The lowest BCUT2D eigenvalue weighted by molar-refractivity contribution is -0.0505. The van der Waals surface area contributed by atoms with E-state index in [2.05, 4.69) is 20.4 Å². The van der Waals surface area contributed by atoms with Gasteiger partial charge in [0.05, 0.1) is 13.7 Å². The van der Waals surface area contributed by atoms with Gasteiger partial charge in [-0.2, -0.15) is 8.78 Å². The fourth-order valence-electron chi connectivity index (χ4n) is 2.81. The van der Waals surface area contributed by atoms with Gasteiger partial charge >= 0.3 is 6.61 Å². The Hall–Kier alpha value is -2.70. The highest BCUT2D eigenvalue weighted by Gasteiger charge is 2.20. The third kappa shape index (κ3) is 6.64. The number of rotatable bonds is 8. The predicted molar refractivity (Wildman–Crippen MR) is 121 cm³/mol. The van der Waals surface area contributed by atoms with Gasteiger partial charge in [0.2, 0.25) is 6.79 Å². The van der Waals surface area contributed by atoms with Crippen molar-refractivity contribution in [2.24, 2.45) is 4.99 Å². The average Bonchev–Trinajstić information content (AvgIpc) is 3.17. The molecule has 2 aromatic carbocycles. The third-order valence-corrected chi connectivity index (χ3v) is 4.26. The van der Waals surface area contributed by atoms with Crippen LogP contribution in [-0.4, -0.2) is 38.1 Å². The molecule has 0 fully saturated rings. The number of halogens is 3. The number of ether oxygens (including phenoxy) is 4. The number of guanidine groups is 1. The molecule has 0 aromatic heterocycles. The van der Waals surface area contributed by atoms with Gasteiger partial charge in [0.1, 0.15) is 17.2 Å². The van der Waals surface area contributed by atoms with Gasteiger partial charge < -0.3 is 34.7 Å². The topological polar surface area (TPSA) is 93.6 Å². The molecule has 8 nitrogen and oxygen atoms in total. The summed E-state index contributed by atoms with van der Waals surface area (Å²) in [5, 5.41) is 16.2. The number of aromatic hydroxyl groups is 1. The first-order valence-corrected chi connectivity index (χ1v) is 9.25. The molecule has 0 saturated heterocycles. The fourth-order valence-corrected chi connectivity index (χ4v) is 2.81. The quantitative estimate of drug-likeness (QED) is 0.262. The summed E-state index contributed by atoms with van der Waals surface area (Å²) in [5.74, 6) is 1.92. The maximum atomic E-state index is 12.8. The molecule has 0 aliphatic carbocycles. The lowest BCUT2D eigenvalue weighted by Crippen LogP contribution is -2.36. The smallest absolute Gasteiger partial charge is 0.387 e. The Labute approximate surface area is 195 Å². The van der Waals surface area contributed by atoms with Gasteiger partial charge in [-0.05, 0) is 31.2 Å². The predicted octanol–water partition coefficient (Wildman–Crippen LogP) is 3.60. The molecular weight excluding hydrogens is 527 g/mol. The van der Waals surface area contributed by atoms with Crippen molar-refractivity contribution in [2.45, 2.75) is 26.6 Å². The molecule has 1 aliphatic heterocycles. The van der Waals surface area contributed by atoms with Crippen LogP contribution in [0.15, 0.2) is 35.3 Å². The maximum Gasteiger partial charge on any atom is 0.387 e. The van der Waals surface area contributed by atoms with E-state index in [0.717, 1.165) is 0 Å². The van der Waals surface area contributed by atoms with Crippen LogP contribution >= 0.6 is 24.0 Å². The Bertz CT molecular complexity index is 915. The van der Waals surface area contributed by atoms with Gasteiger partial charge in [-0.25, -0.2) is 4.99 Å². The highest BCUT2D eigenvalue weighted by Crippen LogP contribution is 2.39. The fraction of sp³-hybridized carbons (Fsp3) is 0.350. The van der Waals surface area contributed by atoms with Crippen molar-refractivity contribution in [3.05, 3.63) is 41.5 Å². The molecule has 0 bridgehead atoms. The second-order valence-electron chi connectivity index (χ2n) is 6.24. The van der Waals surface area contributed by atoms with Crippen LogP contribution in [0.5, 0.6) is 28.7 Å². The number of methoxy groups -OCH3 is 1. The van der Waals surface area contributed by atoms with Gasteiger partial charge in [0.25, 0.3) is 0 Å². The molecule has 0 unspecified atom stereocenters. The summed E-state index contributed by atoms with van der Waals surface area (Å²) in [6, 6.07) is 7.84. The third-order valence-electron chi connectivity index (χ3n) is 4.26. The lowest BCUT2D eigenvalue weighted by Gasteiger charge is -2.14. The minimum atomic E-state index is -2.98. The van der Waals surface area contributed by atoms with E-state index in [1.807, 2.05) is 6.92 Å². The Morgan fingerprint density at radius 2 is 1.90 bits per heavy atom. The van der Waals surface area contributed by atoms with Crippen LogP contribution in [0.2, 0.25) is 0 Å². The van der Waals surface area contributed by atoms with Crippen molar-refractivity contribution in [3.8, 4) is 28.7 Å². The van der Waals surface area contributed by atoms with E-state index < -0.39 is 6.61 Å². The van der Waals surface area contributed by atoms with E-state index in [1.54, 1.807) is 31.4 Å². The number of hydrogen-bond acceptors (Lipinski definition) is 6. The van der Waals surface area contributed by atoms with Gasteiger partial charge in [-0.3, -0.25) is 0 Å². The van der Waals surface area contributed by atoms with Gasteiger partial charge in [0.15, 0.2) is 17.5 Å². The molecule has 3 N–H and O–H groups in total. The SMILES string of the molecule is CCNC(=NCc1cc2c(cc1OC(F)F)OCO2)NCc1cc(OC)ccc1O.I. The molecule has 0 amide bonds. The zero-order valence-electron chi connectivity index (χ0n) is 17.0. The monoisotopic (exact) mass is 551 g/mol. The molecular formula is C20H24F2IN3O5. The molecule has 3 rings (SSSR count). The van der Waals surface area contributed by atoms with E-state index in [4.69, 9.17) is 14.2 Å². The summed E-state index contributed by atoms with van der Waals surface area (Å²) in [7, 11) is 1.54. The average molecular weight is 551 g/mol. The molecule has 2 aromatic rings. The Balaban J connectivity index is 0.00000341. The molecule has 1 heterocycles. The summed E-state index contributed by atoms with van der Waals surface area (Å²) < 4.78 is 45.9. The van der Waals surface area contributed by atoms with Crippen molar-refractivity contribution in [3.63, 3.8) is 0 Å².